The Kier molecular flexibility index (Phi) is 6.22. The van der Waals surface area contributed by atoms with E-state index in [9.17, 15) is 9.59 Å². The topological polar surface area (TPSA) is 107 Å². The van der Waals surface area contributed by atoms with E-state index in [0.717, 1.165) is 34.7 Å². The van der Waals surface area contributed by atoms with Crippen molar-refractivity contribution in [2.45, 2.75) is 6.54 Å². The van der Waals surface area contributed by atoms with Gasteiger partial charge in [0.2, 0.25) is 0 Å². The molecule has 0 atom stereocenters. The van der Waals surface area contributed by atoms with Gasteiger partial charge in [0.15, 0.2) is 5.17 Å². The third-order valence-electron chi connectivity index (χ3n) is 3.67. The molecule has 9 nitrogen and oxygen atoms in total. The molecular formula is C18H17N5O4S. The highest BCUT2D eigenvalue weighted by molar-refractivity contribution is 8.18. The molecule has 0 unspecified atom stereocenters. The lowest BCUT2D eigenvalue weighted by Gasteiger charge is -2.09. The van der Waals surface area contributed by atoms with Gasteiger partial charge in [-0.05, 0) is 35.5 Å². The summed E-state index contributed by atoms with van der Waals surface area (Å²) in [5.41, 5.74) is 1.78. The number of ether oxygens (including phenoxy) is 2. The van der Waals surface area contributed by atoms with Crippen LogP contribution in [0.25, 0.3) is 0 Å². The van der Waals surface area contributed by atoms with E-state index in [-0.39, 0.29) is 10.1 Å². The second-order valence-corrected chi connectivity index (χ2v) is 6.57. The Morgan fingerprint density at radius 3 is 2.96 bits per heavy atom. The number of esters is 1. The van der Waals surface area contributed by atoms with Crippen LogP contribution in [0.15, 0.2) is 58.1 Å². The molecule has 1 aromatic heterocycles. The minimum Gasteiger partial charge on any atom is -0.496 e. The molecule has 10 heteroatoms. The smallest absolute Gasteiger partial charge is 0.331 e. The molecule has 2 aromatic rings. The van der Waals surface area contributed by atoms with Crippen molar-refractivity contribution in [3.05, 3.63) is 59.0 Å². The van der Waals surface area contributed by atoms with Crippen LogP contribution in [0.4, 0.5) is 0 Å². The lowest BCUT2D eigenvalue weighted by atomic mass is 10.1. The highest BCUT2D eigenvalue weighted by Crippen LogP contribution is 2.24. The fourth-order valence-corrected chi connectivity index (χ4v) is 3.11. The van der Waals surface area contributed by atoms with E-state index in [1.165, 1.54) is 7.11 Å². The average molecular weight is 399 g/mol. The third-order valence-corrected chi connectivity index (χ3v) is 4.57. The average Bonchev–Trinajstić information content (AvgIpc) is 3.32. The summed E-state index contributed by atoms with van der Waals surface area (Å²) in [7, 11) is 2.86. The van der Waals surface area contributed by atoms with Gasteiger partial charge in [-0.1, -0.05) is 0 Å². The number of carbonyl (C=O) groups excluding carboxylic acids is 2. The molecule has 28 heavy (non-hydrogen) atoms. The lowest BCUT2D eigenvalue weighted by molar-refractivity contribution is -0.135. The zero-order chi connectivity index (χ0) is 19.9. The van der Waals surface area contributed by atoms with Crippen LogP contribution in [0, 0.1) is 0 Å². The minimum atomic E-state index is -0.606. The van der Waals surface area contributed by atoms with E-state index in [1.807, 2.05) is 29.0 Å². The molecule has 1 aromatic carbocycles. The van der Waals surface area contributed by atoms with Crippen molar-refractivity contribution in [3.8, 4) is 5.75 Å². The van der Waals surface area contributed by atoms with Crippen molar-refractivity contribution in [2.24, 2.45) is 10.2 Å². The first-order valence-electron chi connectivity index (χ1n) is 8.11. The summed E-state index contributed by atoms with van der Waals surface area (Å²) in [6.07, 6.45) is 7.98. The van der Waals surface area contributed by atoms with Crippen LogP contribution in [-0.4, -0.2) is 47.0 Å². The number of amides is 1. The Morgan fingerprint density at radius 2 is 2.25 bits per heavy atom. The molecule has 0 saturated carbocycles. The predicted molar refractivity (Wildman–Crippen MR) is 105 cm³/mol. The number of nitrogens with one attached hydrogen (secondary N) is 1. The van der Waals surface area contributed by atoms with Crippen molar-refractivity contribution in [1.82, 2.24) is 14.9 Å². The van der Waals surface area contributed by atoms with E-state index >= 15 is 0 Å². The summed E-state index contributed by atoms with van der Waals surface area (Å²) in [5.74, 6) is -0.268. The predicted octanol–water partition coefficient (Wildman–Crippen LogP) is 1.55. The molecule has 1 saturated heterocycles. The monoisotopic (exact) mass is 399 g/mol. The van der Waals surface area contributed by atoms with E-state index in [4.69, 9.17) is 4.74 Å². The van der Waals surface area contributed by atoms with Crippen LogP contribution in [0.2, 0.25) is 0 Å². The molecular weight excluding hydrogens is 382 g/mol. The number of imidazole rings is 1. The minimum absolute atomic E-state index is 0.202. The molecule has 3 rings (SSSR count). The fourth-order valence-electron chi connectivity index (χ4n) is 2.37. The summed E-state index contributed by atoms with van der Waals surface area (Å²) in [4.78, 5) is 27.2. The van der Waals surface area contributed by atoms with Gasteiger partial charge in [-0.3, -0.25) is 10.1 Å². The van der Waals surface area contributed by atoms with Crippen LogP contribution in [0.3, 0.4) is 0 Å². The third kappa shape index (κ3) is 4.86. The second-order valence-electron chi connectivity index (χ2n) is 5.54. The molecule has 1 N–H and O–H groups in total. The zero-order valence-electron chi connectivity index (χ0n) is 15.2. The number of aromatic nitrogens is 2. The zero-order valence-corrected chi connectivity index (χ0v) is 16.0. The summed E-state index contributed by atoms with van der Waals surface area (Å²) >= 11 is 1.02. The van der Waals surface area contributed by atoms with Crippen LogP contribution in [-0.2, 0) is 20.9 Å². The van der Waals surface area contributed by atoms with Crippen molar-refractivity contribution >= 4 is 35.0 Å². The standard InChI is InChI=1S/C18H17N5O4S/c1-26-14-4-3-12(7-13(14)10-23-6-5-19-11-23)9-20-22-18-21-17(25)15(28-18)8-16(24)27-2/h3-9,11H,10H2,1-2H3,(H,21,22,25)/b15-8+,20-9?. The number of carbonyl (C=O) groups is 2. The first kappa shape index (κ1) is 19.4. The number of hydrogen-bond donors (Lipinski definition) is 1. The maximum absolute atomic E-state index is 11.8. The summed E-state index contributed by atoms with van der Waals surface area (Å²) < 4.78 is 11.8. The van der Waals surface area contributed by atoms with Crippen molar-refractivity contribution in [1.29, 1.82) is 0 Å². The number of methoxy groups -OCH3 is 2. The van der Waals surface area contributed by atoms with Gasteiger partial charge < -0.3 is 14.0 Å². The second kappa shape index (κ2) is 9.00. The van der Waals surface area contributed by atoms with E-state index < -0.39 is 11.9 Å². The van der Waals surface area contributed by atoms with Gasteiger partial charge in [0.1, 0.15) is 5.75 Å². The first-order valence-corrected chi connectivity index (χ1v) is 8.93. The first-order chi connectivity index (χ1) is 13.6. The Balaban J connectivity index is 1.72. The summed E-state index contributed by atoms with van der Waals surface area (Å²) in [5, 5.41) is 10.8. The van der Waals surface area contributed by atoms with Gasteiger partial charge in [-0.25, -0.2) is 9.78 Å². The number of benzene rings is 1. The lowest BCUT2D eigenvalue weighted by Crippen LogP contribution is -2.19. The van der Waals surface area contributed by atoms with Crippen LogP contribution in [0.5, 0.6) is 5.75 Å². The summed E-state index contributed by atoms with van der Waals surface area (Å²) in [6, 6.07) is 5.64. The van der Waals surface area contributed by atoms with Crippen LogP contribution >= 0.6 is 11.8 Å². The Morgan fingerprint density at radius 1 is 1.39 bits per heavy atom. The number of rotatable bonds is 6. The van der Waals surface area contributed by atoms with Crippen LogP contribution < -0.4 is 10.1 Å². The Labute approximate surface area is 165 Å². The number of nitrogens with zero attached hydrogens (tertiary/aromatic N) is 4. The van der Waals surface area contributed by atoms with Crippen LogP contribution in [0.1, 0.15) is 11.1 Å². The molecule has 1 aliphatic rings. The van der Waals surface area contributed by atoms with Gasteiger partial charge in [0.05, 0.1) is 38.2 Å². The summed E-state index contributed by atoms with van der Waals surface area (Å²) in [6.45, 7) is 0.604. The highest BCUT2D eigenvalue weighted by Gasteiger charge is 2.24. The van der Waals surface area contributed by atoms with Gasteiger partial charge in [0, 0.05) is 24.0 Å². The van der Waals surface area contributed by atoms with Gasteiger partial charge in [-0.2, -0.15) is 5.10 Å². The molecule has 144 valence electrons. The van der Waals surface area contributed by atoms with E-state index in [1.54, 1.807) is 25.8 Å². The molecule has 0 aliphatic carbocycles. The van der Waals surface area contributed by atoms with Gasteiger partial charge in [-0.15, -0.1) is 5.10 Å². The molecule has 1 aliphatic heterocycles. The number of amidine groups is 1. The van der Waals surface area contributed by atoms with Crippen molar-refractivity contribution in [3.63, 3.8) is 0 Å². The quantitative estimate of drug-likeness (QED) is 0.342. The highest BCUT2D eigenvalue weighted by atomic mass is 32.2. The van der Waals surface area contributed by atoms with E-state index in [2.05, 4.69) is 25.2 Å². The van der Waals surface area contributed by atoms with Gasteiger partial charge in [0.25, 0.3) is 5.91 Å². The number of thioether (sulfide) groups is 1. The Hall–Kier alpha value is -3.40. The fraction of sp³-hybridized carbons (Fsp3) is 0.167. The molecule has 0 bridgehead atoms. The Bertz CT molecular complexity index is 966. The SMILES string of the molecule is COC(=O)/C=C1/S/C(=N\N=Cc2ccc(OC)c(Cn3ccnc3)c2)NC1=O. The largest absolute Gasteiger partial charge is 0.496 e. The van der Waals surface area contributed by atoms with Gasteiger partial charge >= 0.3 is 5.97 Å². The van der Waals surface area contributed by atoms with Crippen molar-refractivity contribution < 1.29 is 19.1 Å². The number of hydrogen-bond acceptors (Lipinski definition) is 8. The normalized spacial score (nSPS) is 16.7. The maximum atomic E-state index is 11.8. The molecule has 0 radical (unpaired) electrons. The molecule has 1 amide bonds. The maximum Gasteiger partial charge on any atom is 0.331 e. The molecule has 1 fully saturated rings. The molecule has 0 spiro atoms. The van der Waals surface area contributed by atoms with E-state index in [0.29, 0.717) is 6.54 Å². The molecule has 2 heterocycles. The van der Waals surface area contributed by atoms with Crippen molar-refractivity contribution in [2.75, 3.05) is 14.2 Å².